The van der Waals surface area contributed by atoms with E-state index in [2.05, 4.69) is 20.7 Å². The SMILES string of the molecule is COC(=O)C(C)c1c(F)cc(CC2(C(=O)OC)CCCC2=O)cc1Br. The first-order chi connectivity index (χ1) is 11.8. The number of carbonyl (C=O) groups excluding carboxylic acids is 3. The van der Waals surface area contributed by atoms with Crippen molar-refractivity contribution in [2.75, 3.05) is 14.2 Å². The van der Waals surface area contributed by atoms with E-state index in [4.69, 9.17) is 4.74 Å². The van der Waals surface area contributed by atoms with Crippen LogP contribution in [0.2, 0.25) is 0 Å². The van der Waals surface area contributed by atoms with Crippen LogP contribution in [-0.4, -0.2) is 31.9 Å². The van der Waals surface area contributed by atoms with Gasteiger partial charge in [-0.2, -0.15) is 0 Å². The van der Waals surface area contributed by atoms with Crippen molar-refractivity contribution in [3.63, 3.8) is 0 Å². The Morgan fingerprint density at radius 3 is 2.48 bits per heavy atom. The van der Waals surface area contributed by atoms with Crippen LogP contribution in [0.1, 0.15) is 43.2 Å². The van der Waals surface area contributed by atoms with Gasteiger partial charge in [-0.3, -0.25) is 14.4 Å². The van der Waals surface area contributed by atoms with Crippen LogP contribution >= 0.6 is 15.9 Å². The van der Waals surface area contributed by atoms with Crippen LogP contribution in [0.3, 0.4) is 0 Å². The van der Waals surface area contributed by atoms with E-state index in [1.54, 1.807) is 13.0 Å². The first-order valence-electron chi connectivity index (χ1n) is 7.94. The first-order valence-corrected chi connectivity index (χ1v) is 8.73. The van der Waals surface area contributed by atoms with Crippen molar-refractivity contribution in [3.05, 3.63) is 33.5 Å². The predicted molar refractivity (Wildman–Crippen MR) is 91.5 cm³/mol. The van der Waals surface area contributed by atoms with Crippen molar-refractivity contribution in [1.29, 1.82) is 0 Å². The maximum Gasteiger partial charge on any atom is 0.319 e. The normalized spacial score (nSPS) is 21.1. The zero-order chi connectivity index (χ0) is 18.8. The van der Waals surface area contributed by atoms with E-state index >= 15 is 0 Å². The molecule has 5 nitrogen and oxygen atoms in total. The average molecular weight is 415 g/mol. The first kappa shape index (κ1) is 19.6. The molecular weight excluding hydrogens is 395 g/mol. The minimum Gasteiger partial charge on any atom is -0.469 e. The fourth-order valence-corrected chi connectivity index (χ4v) is 4.22. The third kappa shape index (κ3) is 3.61. The maximum absolute atomic E-state index is 14.6. The van der Waals surface area contributed by atoms with Gasteiger partial charge in [-0.05, 0) is 43.9 Å². The number of hydrogen-bond donors (Lipinski definition) is 0. The molecule has 0 aromatic heterocycles. The Morgan fingerprint density at radius 1 is 1.32 bits per heavy atom. The van der Waals surface area contributed by atoms with Crippen LogP contribution < -0.4 is 0 Å². The largest absolute Gasteiger partial charge is 0.469 e. The number of esters is 2. The Balaban J connectivity index is 2.39. The predicted octanol–water partition coefficient (Wildman–Crippen LogP) is 3.32. The number of ketones is 1. The lowest BCUT2D eigenvalue weighted by Gasteiger charge is -2.25. The molecule has 25 heavy (non-hydrogen) atoms. The molecule has 1 aromatic carbocycles. The fraction of sp³-hybridized carbons (Fsp3) is 0.500. The van der Waals surface area contributed by atoms with Crippen LogP contribution in [0.25, 0.3) is 0 Å². The molecule has 0 heterocycles. The lowest BCUT2D eigenvalue weighted by atomic mass is 9.79. The van der Waals surface area contributed by atoms with Crippen molar-refractivity contribution >= 4 is 33.7 Å². The molecule has 0 bridgehead atoms. The van der Waals surface area contributed by atoms with Gasteiger partial charge < -0.3 is 9.47 Å². The molecule has 2 atom stereocenters. The van der Waals surface area contributed by atoms with Gasteiger partial charge in [-0.1, -0.05) is 15.9 Å². The minimum absolute atomic E-state index is 0.0703. The molecule has 1 fully saturated rings. The molecule has 0 N–H and O–H groups in total. The van der Waals surface area contributed by atoms with Gasteiger partial charge in [0.2, 0.25) is 0 Å². The van der Waals surface area contributed by atoms with Gasteiger partial charge in [-0.25, -0.2) is 4.39 Å². The van der Waals surface area contributed by atoms with E-state index in [1.165, 1.54) is 20.3 Å². The minimum atomic E-state index is -1.25. The molecule has 1 aliphatic rings. The highest BCUT2D eigenvalue weighted by atomic mass is 79.9. The van der Waals surface area contributed by atoms with Gasteiger partial charge in [0.1, 0.15) is 11.2 Å². The van der Waals surface area contributed by atoms with Crippen LogP contribution in [0.5, 0.6) is 0 Å². The quantitative estimate of drug-likeness (QED) is 0.545. The Bertz CT molecular complexity index is 694. The smallest absolute Gasteiger partial charge is 0.319 e. The lowest BCUT2D eigenvalue weighted by molar-refractivity contribution is -0.156. The van der Waals surface area contributed by atoms with Gasteiger partial charge in [0.25, 0.3) is 0 Å². The molecule has 1 aromatic rings. The van der Waals surface area contributed by atoms with Crippen molar-refractivity contribution in [1.82, 2.24) is 0 Å². The maximum atomic E-state index is 14.6. The summed E-state index contributed by atoms with van der Waals surface area (Å²) in [5.74, 6) is -2.69. The van der Waals surface area contributed by atoms with Crippen molar-refractivity contribution < 1.29 is 28.2 Å². The standard InChI is InChI=1S/C18H20BrFO5/c1-10(16(22)24-2)15-12(19)7-11(8-13(15)20)9-18(17(23)25-3)6-4-5-14(18)21/h7-8,10H,4-6,9H2,1-3H3. The van der Waals surface area contributed by atoms with Crippen LogP contribution in [-0.2, 0) is 30.3 Å². The highest BCUT2D eigenvalue weighted by molar-refractivity contribution is 9.10. The van der Waals surface area contributed by atoms with Gasteiger partial charge in [0.05, 0.1) is 20.1 Å². The van der Waals surface area contributed by atoms with E-state index in [0.29, 0.717) is 29.3 Å². The molecule has 0 amide bonds. The van der Waals surface area contributed by atoms with Gasteiger partial charge >= 0.3 is 11.9 Å². The summed E-state index contributed by atoms with van der Waals surface area (Å²) in [6, 6.07) is 2.89. The number of Topliss-reactive ketones (excluding diaryl/α,β-unsaturated/α-hetero) is 1. The number of ether oxygens (including phenoxy) is 2. The third-order valence-corrected chi connectivity index (χ3v) is 5.41. The molecule has 2 unspecified atom stereocenters. The molecule has 7 heteroatoms. The topological polar surface area (TPSA) is 69.7 Å². The summed E-state index contributed by atoms with van der Waals surface area (Å²) in [5, 5.41) is 0. The highest BCUT2D eigenvalue weighted by Crippen LogP contribution is 2.40. The van der Waals surface area contributed by atoms with E-state index in [9.17, 15) is 18.8 Å². The summed E-state index contributed by atoms with van der Waals surface area (Å²) < 4.78 is 24.5. The van der Waals surface area contributed by atoms with E-state index in [1.807, 2.05) is 0 Å². The number of benzene rings is 1. The number of carbonyl (C=O) groups is 3. The molecule has 1 saturated carbocycles. The average Bonchev–Trinajstić information content (AvgIpc) is 2.94. The molecule has 2 rings (SSSR count). The molecular formula is C18H20BrFO5. The molecule has 136 valence electrons. The molecule has 1 aliphatic carbocycles. The van der Waals surface area contributed by atoms with Gasteiger partial charge in [-0.15, -0.1) is 0 Å². The summed E-state index contributed by atoms with van der Waals surface area (Å²) in [6.07, 6.45) is 1.38. The summed E-state index contributed by atoms with van der Waals surface area (Å²) in [4.78, 5) is 36.2. The Hall–Kier alpha value is -1.76. The number of hydrogen-bond acceptors (Lipinski definition) is 5. The zero-order valence-corrected chi connectivity index (χ0v) is 15.9. The van der Waals surface area contributed by atoms with Crippen LogP contribution in [0.4, 0.5) is 4.39 Å². The third-order valence-electron chi connectivity index (χ3n) is 4.75. The monoisotopic (exact) mass is 414 g/mol. The lowest BCUT2D eigenvalue weighted by Crippen LogP contribution is -2.38. The molecule has 0 spiro atoms. The van der Waals surface area contributed by atoms with Crippen molar-refractivity contribution in [2.24, 2.45) is 5.41 Å². The molecule has 0 aliphatic heterocycles. The summed E-state index contributed by atoms with van der Waals surface area (Å²) in [7, 11) is 2.48. The molecule has 0 saturated heterocycles. The van der Waals surface area contributed by atoms with Gasteiger partial charge in [0.15, 0.2) is 5.78 Å². The fourth-order valence-electron chi connectivity index (χ4n) is 3.40. The van der Waals surface area contributed by atoms with Crippen LogP contribution in [0.15, 0.2) is 16.6 Å². The number of methoxy groups -OCH3 is 2. The zero-order valence-electron chi connectivity index (χ0n) is 14.4. The second-order valence-electron chi connectivity index (χ2n) is 6.25. The Kier molecular flexibility index (Phi) is 5.98. The Morgan fingerprint density at radius 2 is 2.00 bits per heavy atom. The Labute approximate surface area is 154 Å². The van der Waals surface area contributed by atoms with Crippen LogP contribution in [0, 0.1) is 11.2 Å². The number of halogens is 2. The summed E-state index contributed by atoms with van der Waals surface area (Å²) in [5.41, 5.74) is -0.581. The van der Waals surface area contributed by atoms with E-state index < -0.39 is 29.1 Å². The highest BCUT2D eigenvalue weighted by Gasteiger charge is 2.49. The summed E-state index contributed by atoms with van der Waals surface area (Å²) >= 11 is 3.28. The van der Waals surface area contributed by atoms with E-state index in [-0.39, 0.29) is 17.8 Å². The van der Waals surface area contributed by atoms with E-state index in [0.717, 1.165) is 0 Å². The van der Waals surface area contributed by atoms with Crippen molar-refractivity contribution in [2.45, 2.75) is 38.5 Å². The molecule has 0 radical (unpaired) electrons. The second-order valence-corrected chi connectivity index (χ2v) is 7.10. The number of rotatable bonds is 5. The summed E-state index contributed by atoms with van der Waals surface area (Å²) in [6.45, 7) is 1.55. The van der Waals surface area contributed by atoms with Gasteiger partial charge in [0, 0.05) is 16.5 Å². The second kappa shape index (κ2) is 7.64. The van der Waals surface area contributed by atoms with Crippen molar-refractivity contribution in [3.8, 4) is 0 Å².